The molecule has 0 unspecified atom stereocenters. The van der Waals surface area contributed by atoms with Crippen LogP contribution in [0.1, 0.15) is 5.56 Å². The monoisotopic (exact) mass is 248 g/mol. The van der Waals surface area contributed by atoms with Gasteiger partial charge in [0.25, 0.3) is 0 Å². The predicted octanol–water partition coefficient (Wildman–Crippen LogP) is 1.79. The summed E-state index contributed by atoms with van der Waals surface area (Å²) in [4.78, 5) is 0. The molecule has 2 nitrogen and oxygen atoms in total. The summed E-state index contributed by atoms with van der Waals surface area (Å²) in [7, 11) is 0. The zero-order chi connectivity index (χ0) is 7.56. The van der Waals surface area contributed by atoms with E-state index in [0.29, 0.717) is 0 Å². The molecule has 1 aromatic rings. The molecule has 0 amide bonds. The molecule has 0 saturated carbocycles. The number of rotatable bonds is 1. The van der Waals surface area contributed by atoms with Crippen LogP contribution in [-0.2, 0) is 4.43 Å². The van der Waals surface area contributed by atoms with Crippen molar-refractivity contribution < 1.29 is 0 Å². The highest BCUT2D eigenvalue weighted by Gasteiger charge is 1.95. The first-order chi connectivity index (χ1) is 4.74. The number of anilines is 2. The second kappa shape index (κ2) is 3.09. The van der Waals surface area contributed by atoms with Crippen LogP contribution in [0.2, 0.25) is 0 Å². The highest BCUT2D eigenvalue weighted by molar-refractivity contribution is 14.1. The first-order valence-corrected chi connectivity index (χ1v) is 4.46. The third-order valence-electron chi connectivity index (χ3n) is 1.31. The lowest BCUT2D eigenvalue weighted by Gasteiger charge is -2.01. The van der Waals surface area contributed by atoms with Gasteiger partial charge in [0.2, 0.25) is 0 Å². The second-order valence-corrected chi connectivity index (χ2v) is 2.85. The fraction of sp³-hybridized carbons (Fsp3) is 0.143. The van der Waals surface area contributed by atoms with Gasteiger partial charge in [0.1, 0.15) is 0 Å². The van der Waals surface area contributed by atoms with E-state index in [1.807, 2.05) is 18.2 Å². The maximum Gasteiger partial charge on any atom is 0.0355 e. The number of hydrogen-bond donors (Lipinski definition) is 2. The molecule has 54 valence electrons. The van der Waals surface area contributed by atoms with Gasteiger partial charge in [0, 0.05) is 15.8 Å². The zero-order valence-corrected chi connectivity index (χ0v) is 7.63. The summed E-state index contributed by atoms with van der Waals surface area (Å²) in [6, 6.07) is 5.55. The molecule has 0 spiro atoms. The van der Waals surface area contributed by atoms with Gasteiger partial charge in [-0.05, 0) is 23.8 Å². The van der Waals surface area contributed by atoms with Crippen molar-refractivity contribution in [2.75, 3.05) is 11.5 Å². The standard InChI is InChI=1S/C7H9IN2/c8-4-5-3-6(9)1-2-7(5)10/h1-3H,4,9-10H2. The molecule has 0 bridgehead atoms. The van der Waals surface area contributed by atoms with Gasteiger partial charge in [-0.2, -0.15) is 0 Å². The van der Waals surface area contributed by atoms with E-state index < -0.39 is 0 Å². The third-order valence-corrected chi connectivity index (χ3v) is 2.13. The first kappa shape index (κ1) is 7.65. The van der Waals surface area contributed by atoms with Crippen LogP contribution in [0.3, 0.4) is 0 Å². The number of nitrogen functional groups attached to an aromatic ring is 2. The van der Waals surface area contributed by atoms with E-state index in [1.165, 1.54) is 0 Å². The quantitative estimate of drug-likeness (QED) is 0.452. The van der Waals surface area contributed by atoms with E-state index in [4.69, 9.17) is 11.5 Å². The Labute approximate surface area is 73.7 Å². The summed E-state index contributed by atoms with van der Waals surface area (Å²) >= 11 is 2.26. The van der Waals surface area contributed by atoms with Crippen LogP contribution < -0.4 is 11.5 Å². The van der Waals surface area contributed by atoms with Gasteiger partial charge in [0.05, 0.1) is 0 Å². The van der Waals surface area contributed by atoms with E-state index in [9.17, 15) is 0 Å². The lowest BCUT2D eigenvalue weighted by Crippen LogP contribution is -1.93. The predicted molar refractivity (Wildman–Crippen MR) is 53.0 cm³/mol. The van der Waals surface area contributed by atoms with Crippen LogP contribution >= 0.6 is 22.6 Å². The van der Waals surface area contributed by atoms with Gasteiger partial charge in [0.15, 0.2) is 0 Å². The number of hydrogen-bond acceptors (Lipinski definition) is 2. The number of halogens is 1. The van der Waals surface area contributed by atoms with Crippen molar-refractivity contribution in [1.29, 1.82) is 0 Å². The van der Waals surface area contributed by atoms with Crippen molar-refractivity contribution in [2.45, 2.75) is 4.43 Å². The summed E-state index contributed by atoms with van der Waals surface area (Å²) in [5, 5.41) is 0. The average Bonchev–Trinajstić information content (AvgIpc) is 1.94. The van der Waals surface area contributed by atoms with Crippen molar-refractivity contribution >= 4 is 34.0 Å². The molecule has 10 heavy (non-hydrogen) atoms. The Hall–Kier alpha value is -0.450. The van der Waals surface area contributed by atoms with E-state index in [1.54, 1.807) is 0 Å². The largest absolute Gasteiger partial charge is 0.399 e. The number of benzene rings is 1. The smallest absolute Gasteiger partial charge is 0.0355 e. The summed E-state index contributed by atoms with van der Waals surface area (Å²) in [5.41, 5.74) is 13.9. The number of alkyl halides is 1. The molecular weight excluding hydrogens is 239 g/mol. The van der Waals surface area contributed by atoms with Crippen molar-refractivity contribution in [2.24, 2.45) is 0 Å². The van der Waals surface area contributed by atoms with Crippen LogP contribution in [0.5, 0.6) is 0 Å². The minimum Gasteiger partial charge on any atom is -0.399 e. The molecule has 3 heteroatoms. The molecule has 1 rings (SSSR count). The molecule has 4 N–H and O–H groups in total. The highest BCUT2D eigenvalue weighted by atomic mass is 127. The SMILES string of the molecule is Nc1ccc(N)c(CI)c1. The van der Waals surface area contributed by atoms with Crippen LogP contribution in [0.4, 0.5) is 11.4 Å². The Morgan fingerprint density at radius 2 is 2.00 bits per heavy atom. The summed E-state index contributed by atoms with van der Waals surface area (Å²) in [6.45, 7) is 0. The van der Waals surface area contributed by atoms with Crippen molar-refractivity contribution in [1.82, 2.24) is 0 Å². The average molecular weight is 248 g/mol. The van der Waals surface area contributed by atoms with E-state index >= 15 is 0 Å². The summed E-state index contributed by atoms with van der Waals surface area (Å²) in [6.07, 6.45) is 0. The van der Waals surface area contributed by atoms with E-state index in [0.717, 1.165) is 21.4 Å². The Morgan fingerprint density at radius 1 is 1.30 bits per heavy atom. The Bertz CT molecular complexity index is 235. The molecule has 0 heterocycles. The van der Waals surface area contributed by atoms with Crippen molar-refractivity contribution in [3.63, 3.8) is 0 Å². The van der Waals surface area contributed by atoms with Gasteiger partial charge in [-0.15, -0.1) is 0 Å². The summed E-state index contributed by atoms with van der Waals surface area (Å²) in [5.74, 6) is 0. The lowest BCUT2D eigenvalue weighted by molar-refractivity contribution is 1.46. The van der Waals surface area contributed by atoms with Gasteiger partial charge in [-0.3, -0.25) is 0 Å². The molecule has 0 saturated heterocycles. The van der Waals surface area contributed by atoms with E-state index in [2.05, 4.69) is 22.6 Å². The minimum absolute atomic E-state index is 0.779. The minimum atomic E-state index is 0.779. The van der Waals surface area contributed by atoms with Crippen LogP contribution in [0.25, 0.3) is 0 Å². The Kier molecular flexibility index (Phi) is 2.37. The third kappa shape index (κ3) is 1.53. The topological polar surface area (TPSA) is 52.0 Å². The van der Waals surface area contributed by atoms with Gasteiger partial charge < -0.3 is 11.5 Å². The number of nitrogens with two attached hydrogens (primary N) is 2. The zero-order valence-electron chi connectivity index (χ0n) is 5.47. The summed E-state index contributed by atoms with van der Waals surface area (Å²) < 4.78 is 0.911. The highest BCUT2D eigenvalue weighted by Crippen LogP contribution is 2.17. The van der Waals surface area contributed by atoms with Crippen LogP contribution in [0, 0.1) is 0 Å². The van der Waals surface area contributed by atoms with E-state index in [-0.39, 0.29) is 0 Å². The van der Waals surface area contributed by atoms with Crippen LogP contribution in [0.15, 0.2) is 18.2 Å². The molecular formula is C7H9IN2. The maximum absolute atomic E-state index is 5.64. The molecule has 0 aliphatic rings. The molecule has 0 aliphatic heterocycles. The van der Waals surface area contributed by atoms with Gasteiger partial charge >= 0.3 is 0 Å². The van der Waals surface area contributed by atoms with Gasteiger partial charge in [-0.25, -0.2) is 0 Å². The lowest BCUT2D eigenvalue weighted by atomic mass is 10.2. The molecule has 0 fully saturated rings. The molecule has 1 aromatic carbocycles. The Balaban J connectivity index is 3.09. The van der Waals surface area contributed by atoms with Crippen LogP contribution in [-0.4, -0.2) is 0 Å². The normalized spacial score (nSPS) is 9.70. The molecule has 0 atom stereocenters. The molecule has 0 radical (unpaired) electrons. The molecule has 0 aliphatic carbocycles. The first-order valence-electron chi connectivity index (χ1n) is 2.94. The Morgan fingerprint density at radius 3 is 2.50 bits per heavy atom. The fourth-order valence-electron chi connectivity index (χ4n) is 0.741. The van der Waals surface area contributed by atoms with Crippen molar-refractivity contribution in [3.8, 4) is 0 Å². The maximum atomic E-state index is 5.64. The van der Waals surface area contributed by atoms with Crippen molar-refractivity contribution in [3.05, 3.63) is 23.8 Å². The van der Waals surface area contributed by atoms with Gasteiger partial charge in [-0.1, -0.05) is 22.6 Å². The fourth-order valence-corrected chi connectivity index (χ4v) is 1.40. The second-order valence-electron chi connectivity index (χ2n) is 2.09. The molecule has 0 aromatic heterocycles.